The molecule has 1 aromatic carbocycles. The highest BCUT2D eigenvalue weighted by Crippen LogP contribution is 2.30. The van der Waals surface area contributed by atoms with E-state index in [4.69, 9.17) is 23.2 Å². The molecule has 2 aromatic rings. The van der Waals surface area contributed by atoms with E-state index in [1.165, 1.54) is 23.0 Å². The number of nitro benzene ring substituents is 1. The summed E-state index contributed by atoms with van der Waals surface area (Å²) in [5, 5.41) is 18.5. The van der Waals surface area contributed by atoms with Gasteiger partial charge in [-0.15, -0.1) is 16.7 Å². The van der Waals surface area contributed by atoms with Gasteiger partial charge >= 0.3 is 0 Å². The molecule has 0 aliphatic heterocycles. The van der Waals surface area contributed by atoms with Crippen molar-refractivity contribution in [1.29, 1.82) is 0 Å². The lowest BCUT2D eigenvalue weighted by Crippen LogP contribution is -2.01. The minimum atomic E-state index is -0.521. The summed E-state index contributed by atoms with van der Waals surface area (Å²) >= 11 is 11.8. The van der Waals surface area contributed by atoms with Gasteiger partial charge < -0.3 is 0 Å². The summed E-state index contributed by atoms with van der Waals surface area (Å²) in [6.45, 7) is 1.73. The van der Waals surface area contributed by atoms with E-state index in [0.717, 1.165) is 0 Å². The van der Waals surface area contributed by atoms with Crippen molar-refractivity contribution in [3.8, 4) is 5.69 Å². The molecule has 94 valence electrons. The SMILES string of the molecule is CC(Cl)c1cn(-c2c(Cl)cccc2[N+](=O)[O-])nn1. The summed E-state index contributed by atoms with van der Waals surface area (Å²) in [7, 11) is 0. The molecular weight excluding hydrogens is 279 g/mol. The molecule has 0 N–H and O–H groups in total. The Morgan fingerprint density at radius 1 is 1.50 bits per heavy atom. The molecule has 0 aliphatic rings. The highest BCUT2D eigenvalue weighted by atomic mass is 35.5. The van der Waals surface area contributed by atoms with Crippen molar-refractivity contribution in [2.75, 3.05) is 0 Å². The zero-order valence-electron chi connectivity index (χ0n) is 9.25. The maximum absolute atomic E-state index is 10.9. The number of benzene rings is 1. The second-order valence-corrected chi connectivity index (χ2v) is 4.63. The molecule has 0 spiro atoms. The van der Waals surface area contributed by atoms with E-state index in [2.05, 4.69) is 10.3 Å². The fourth-order valence-electron chi connectivity index (χ4n) is 1.45. The van der Waals surface area contributed by atoms with Gasteiger partial charge in [-0.25, -0.2) is 4.68 Å². The average molecular weight is 287 g/mol. The normalized spacial score (nSPS) is 12.4. The molecule has 1 aromatic heterocycles. The van der Waals surface area contributed by atoms with E-state index < -0.39 is 4.92 Å². The van der Waals surface area contributed by atoms with Gasteiger partial charge in [0.1, 0.15) is 5.69 Å². The first-order chi connectivity index (χ1) is 8.50. The van der Waals surface area contributed by atoms with Crippen LogP contribution in [0.4, 0.5) is 5.69 Å². The van der Waals surface area contributed by atoms with E-state index in [0.29, 0.717) is 5.69 Å². The number of nitro groups is 1. The topological polar surface area (TPSA) is 73.8 Å². The lowest BCUT2D eigenvalue weighted by molar-refractivity contribution is -0.384. The number of rotatable bonds is 3. The lowest BCUT2D eigenvalue weighted by atomic mass is 10.2. The van der Waals surface area contributed by atoms with Crippen LogP contribution in [0.25, 0.3) is 5.69 Å². The van der Waals surface area contributed by atoms with Crippen LogP contribution in [0.1, 0.15) is 18.0 Å². The summed E-state index contributed by atoms with van der Waals surface area (Å²) in [5.74, 6) is 0. The van der Waals surface area contributed by atoms with Crippen molar-refractivity contribution in [3.05, 3.63) is 45.2 Å². The van der Waals surface area contributed by atoms with Crippen LogP contribution in [0.15, 0.2) is 24.4 Å². The first-order valence-corrected chi connectivity index (χ1v) is 5.81. The Labute approximate surface area is 112 Å². The van der Waals surface area contributed by atoms with Gasteiger partial charge in [0, 0.05) is 6.07 Å². The van der Waals surface area contributed by atoms with Crippen LogP contribution in [0.5, 0.6) is 0 Å². The Bertz CT molecular complexity index is 597. The third-order valence-corrected chi connectivity index (χ3v) is 2.84. The predicted molar refractivity (Wildman–Crippen MR) is 67.3 cm³/mol. The molecule has 18 heavy (non-hydrogen) atoms. The largest absolute Gasteiger partial charge is 0.296 e. The van der Waals surface area contributed by atoms with Gasteiger partial charge in [-0.2, -0.15) is 0 Å². The van der Waals surface area contributed by atoms with Crippen molar-refractivity contribution in [2.24, 2.45) is 0 Å². The van der Waals surface area contributed by atoms with E-state index in [9.17, 15) is 10.1 Å². The van der Waals surface area contributed by atoms with Crippen LogP contribution in [0, 0.1) is 10.1 Å². The molecule has 8 heteroatoms. The van der Waals surface area contributed by atoms with Crippen LogP contribution in [0.3, 0.4) is 0 Å². The quantitative estimate of drug-likeness (QED) is 0.494. The zero-order valence-corrected chi connectivity index (χ0v) is 10.8. The number of hydrogen-bond donors (Lipinski definition) is 0. The molecule has 0 bridgehead atoms. The molecule has 1 unspecified atom stereocenters. The van der Waals surface area contributed by atoms with Crippen LogP contribution >= 0.6 is 23.2 Å². The lowest BCUT2D eigenvalue weighted by Gasteiger charge is -2.03. The Morgan fingerprint density at radius 2 is 2.22 bits per heavy atom. The van der Waals surface area contributed by atoms with Crippen molar-refractivity contribution < 1.29 is 4.92 Å². The van der Waals surface area contributed by atoms with E-state index in [1.54, 1.807) is 13.0 Å². The molecule has 2 rings (SSSR count). The maximum Gasteiger partial charge on any atom is 0.296 e. The van der Waals surface area contributed by atoms with Gasteiger partial charge in [-0.05, 0) is 13.0 Å². The first-order valence-electron chi connectivity index (χ1n) is 5.00. The van der Waals surface area contributed by atoms with Gasteiger partial charge in [-0.1, -0.05) is 22.9 Å². The number of halogens is 2. The molecule has 0 amide bonds. The second kappa shape index (κ2) is 4.91. The third kappa shape index (κ3) is 2.30. The molecule has 0 aliphatic carbocycles. The number of nitrogens with zero attached hydrogens (tertiary/aromatic N) is 4. The van der Waals surface area contributed by atoms with Crippen LogP contribution in [0.2, 0.25) is 5.02 Å². The van der Waals surface area contributed by atoms with E-state index in [-0.39, 0.29) is 21.8 Å². The molecule has 6 nitrogen and oxygen atoms in total. The van der Waals surface area contributed by atoms with Crippen LogP contribution in [-0.2, 0) is 0 Å². The Hall–Kier alpha value is -1.66. The van der Waals surface area contributed by atoms with Gasteiger partial charge in [0.05, 0.1) is 21.5 Å². The minimum absolute atomic E-state index is 0.138. The highest BCUT2D eigenvalue weighted by molar-refractivity contribution is 6.32. The fraction of sp³-hybridized carbons (Fsp3) is 0.200. The molecule has 0 saturated carbocycles. The standard InChI is InChI=1S/C10H8Cl2N4O2/c1-6(11)8-5-15(14-13-8)10-7(12)3-2-4-9(10)16(17)18/h2-6H,1H3. The maximum atomic E-state index is 10.9. The molecule has 1 atom stereocenters. The molecule has 1 heterocycles. The Balaban J connectivity index is 2.58. The highest BCUT2D eigenvalue weighted by Gasteiger charge is 2.20. The number of alkyl halides is 1. The molecule has 0 radical (unpaired) electrons. The number of para-hydroxylation sites is 1. The Morgan fingerprint density at radius 3 is 2.78 bits per heavy atom. The van der Waals surface area contributed by atoms with Gasteiger partial charge in [0.2, 0.25) is 0 Å². The van der Waals surface area contributed by atoms with E-state index >= 15 is 0 Å². The van der Waals surface area contributed by atoms with Crippen molar-refractivity contribution in [3.63, 3.8) is 0 Å². The molecular formula is C10H8Cl2N4O2. The van der Waals surface area contributed by atoms with E-state index in [1.807, 2.05) is 0 Å². The molecule has 0 fully saturated rings. The average Bonchev–Trinajstić information content (AvgIpc) is 2.77. The third-order valence-electron chi connectivity index (χ3n) is 2.31. The Kier molecular flexibility index (Phi) is 3.49. The van der Waals surface area contributed by atoms with Gasteiger partial charge in [-0.3, -0.25) is 10.1 Å². The van der Waals surface area contributed by atoms with Crippen molar-refractivity contribution >= 4 is 28.9 Å². The fourth-order valence-corrected chi connectivity index (χ4v) is 1.80. The predicted octanol–water partition coefficient (Wildman–Crippen LogP) is 3.13. The molecule has 0 saturated heterocycles. The van der Waals surface area contributed by atoms with Gasteiger partial charge in [0.25, 0.3) is 5.69 Å². The summed E-state index contributed by atoms with van der Waals surface area (Å²) in [6, 6.07) is 4.41. The zero-order chi connectivity index (χ0) is 13.3. The van der Waals surface area contributed by atoms with Crippen molar-refractivity contribution in [2.45, 2.75) is 12.3 Å². The smallest absolute Gasteiger partial charge is 0.258 e. The summed E-state index contributed by atoms with van der Waals surface area (Å²) < 4.78 is 1.26. The first kappa shape index (κ1) is 12.8. The van der Waals surface area contributed by atoms with Gasteiger partial charge in [0.15, 0.2) is 5.69 Å². The number of aromatic nitrogens is 3. The minimum Gasteiger partial charge on any atom is -0.258 e. The summed E-state index contributed by atoms with van der Waals surface area (Å²) in [4.78, 5) is 10.4. The van der Waals surface area contributed by atoms with Crippen LogP contribution < -0.4 is 0 Å². The summed E-state index contributed by atoms with van der Waals surface area (Å²) in [6.07, 6.45) is 1.52. The number of hydrogen-bond acceptors (Lipinski definition) is 4. The van der Waals surface area contributed by atoms with Crippen molar-refractivity contribution in [1.82, 2.24) is 15.0 Å². The summed E-state index contributed by atoms with van der Waals surface area (Å²) in [5.41, 5.74) is 0.562. The van der Waals surface area contributed by atoms with Crippen LogP contribution in [-0.4, -0.2) is 19.9 Å². The monoisotopic (exact) mass is 286 g/mol. The second-order valence-electron chi connectivity index (χ2n) is 3.57.